The molecule has 0 amide bonds. The Morgan fingerprint density at radius 2 is 2.23 bits per heavy atom. The summed E-state index contributed by atoms with van der Waals surface area (Å²) >= 11 is 0. The Morgan fingerprint density at radius 3 is 3.08 bits per heavy atom. The SMILES string of the molecule is O=CCc1cccc2cc[c]cc12. The number of hydrogen-bond donors (Lipinski definition) is 0. The average Bonchev–Trinajstić information content (AvgIpc) is 2.19. The van der Waals surface area contributed by atoms with Gasteiger partial charge in [0.05, 0.1) is 0 Å². The lowest BCUT2D eigenvalue weighted by Gasteiger charge is -2.01. The van der Waals surface area contributed by atoms with Crippen LogP contribution in [-0.2, 0) is 11.2 Å². The van der Waals surface area contributed by atoms with Crippen LogP contribution in [0.15, 0.2) is 36.4 Å². The van der Waals surface area contributed by atoms with Gasteiger partial charge < -0.3 is 4.79 Å². The van der Waals surface area contributed by atoms with Crippen LogP contribution in [0.25, 0.3) is 10.8 Å². The smallest absolute Gasteiger partial charge is 0.124 e. The maximum Gasteiger partial charge on any atom is 0.124 e. The van der Waals surface area contributed by atoms with Crippen LogP contribution < -0.4 is 0 Å². The molecular formula is C12H9O. The van der Waals surface area contributed by atoms with Crippen molar-refractivity contribution >= 4 is 17.1 Å². The van der Waals surface area contributed by atoms with E-state index in [1.807, 2.05) is 36.4 Å². The third-order valence-electron chi connectivity index (χ3n) is 2.12. The first-order chi connectivity index (χ1) is 6.42. The predicted octanol–water partition coefficient (Wildman–Crippen LogP) is 2.38. The number of aldehydes is 1. The number of hydrogen-bond acceptors (Lipinski definition) is 1. The molecule has 0 saturated carbocycles. The van der Waals surface area contributed by atoms with Gasteiger partial charge in [-0.25, -0.2) is 0 Å². The zero-order valence-electron chi connectivity index (χ0n) is 7.16. The van der Waals surface area contributed by atoms with Crippen molar-refractivity contribution in [3.8, 4) is 0 Å². The Hall–Kier alpha value is -1.63. The molecule has 0 bridgehead atoms. The molecule has 2 aromatic carbocycles. The lowest BCUT2D eigenvalue weighted by atomic mass is 10.0. The van der Waals surface area contributed by atoms with Crippen molar-refractivity contribution in [2.75, 3.05) is 0 Å². The van der Waals surface area contributed by atoms with Gasteiger partial charge in [0.25, 0.3) is 0 Å². The summed E-state index contributed by atoms with van der Waals surface area (Å²) in [5.41, 5.74) is 1.07. The molecule has 13 heavy (non-hydrogen) atoms. The summed E-state index contributed by atoms with van der Waals surface area (Å²) in [4.78, 5) is 10.4. The summed E-state index contributed by atoms with van der Waals surface area (Å²) in [6.07, 6.45) is 1.41. The summed E-state index contributed by atoms with van der Waals surface area (Å²) in [5.74, 6) is 0. The zero-order valence-corrected chi connectivity index (χ0v) is 7.16. The first-order valence-corrected chi connectivity index (χ1v) is 4.23. The van der Waals surface area contributed by atoms with Gasteiger partial charge in [0.1, 0.15) is 6.29 Å². The highest BCUT2D eigenvalue weighted by molar-refractivity contribution is 5.87. The van der Waals surface area contributed by atoms with Crippen molar-refractivity contribution in [2.45, 2.75) is 6.42 Å². The number of fused-ring (bicyclic) bond motifs is 1. The average molecular weight is 169 g/mol. The second kappa shape index (κ2) is 3.40. The van der Waals surface area contributed by atoms with E-state index in [9.17, 15) is 4.79 Å². The normalized spacial score (nSPS) is 10.2. The fourth-order valence-electron chi connectivity index (χ4n) is 1.49. The number of benzene rings is 2. The summed E-state index contributed by atoms with van der Waals surface area (Å²) in [6.45, 7) is 0. The summed E-state index contributed by atoms with van der Waals surface area (Å²) in [7, 11) is 0. The van der Waals surface area contributed by atoms with Gasteiger partial charge in [0, 0.05) is 6.42 Å². The Balaban J connectivity index is 2.68. The van der Waals surface area contributed by atoms with Crippen LogP contribution in [-0.4, -0.2) is 6.29 Å². The Morgan fingerprint density at radius 1 is 1.31 bits per heavy atom. The molecule has 1 nitrogen and oxygen atoms in total. The molecule has 1 radical (unpaired) electrons. The maximum atomic E-state index is 10.4. The van der Waals surface area contributed by atoms with Gasteiger partial charge in [-0.2, -0.15) is 0 Å². The van der Waals surface area contributed by atoms with E-state index in [1.54, 1.807) is 0 Å². The molecule has 0 aliphatic carbocycles. The third kappa shape index (κ3) is 1.45. The van der Waals surface area contributed by atoms with Crippen LogP contribution >= 0.6 is 0 Å². The molecular weight excluding hydrogens is 160 g/mol. The van der Waals surface area contributed by atoms with E-state index >= 15 is 0 Å². The van der Waals surface area contributed by atoms with Crippen LogP contribution in [0, 0.1) is 6.07 Å². The molecule has 0 fully saturated rings. The standard InChI is InChI=1S/C12H9O/c13-9-8-11-6-3-5-10-4-1-2-7-12(10)11/h1,3-7,9H,8H2. The van der Waals surface area contributed by atoms with Gasteiger partial charge >= 0.3 is 0 Å². The van der Waals surface area contributed by atoms with Gasteiger partial charge in [0.2, 0.25) is 0 Å². The summed E-state index contributed by atoms with van der Waals surface area (Å²) < 4.78 is 0. The van der Waals surface area contributed by atoms with Crippen molar-refractivity contribution in [1.82, 2.24) is 0 Å². The lowest BCUT2D eigenvalue weighted by molar-refractivity contribution is -0.107. The second-order valence-electron chi connectivity index (χ2n) is 2.94. The number of rotatable bonds is 2. The van der Waals surface area contributed by atoms with Crippen LogP contribution in [0.5, 0.6) is 0 Å². The van der Waals surface area contributed by atoms with Crippen molar-refractivity contribution in [3.63, 3.8) is 0 Å². The van der Waals surface area contributed by atoms with Crippen LogP contribution in [0.3, 0.4) is 0 Å². The highest BCUT2D eigenvalue weighted by atomic mass is 16.1. The Kier molecular flexibility index (Phi) is 2.09. The molecule has 2 rings (SSSR count). The second-order valence-corrected chi connectivity index (χ2v) is 2.94. The van der Waals surface area contributed by atoms with Gasteiger partial charge in [0.15, 0.2) is 0 Å². The third-order valence-corrected chi connectivity index (χ3v) is 2.12. The van der Waals surface area contributed by atoms with E-state index in [0.717, 1.165) is 22.6 Å². The first kappa shape index (κ1) is 7.99. The zero-order chi connectivity index (χ0) is 9.10. The Labute approximate surface area is 77.0 Å². The van der Waals surface area contributed by atoms with E-state index in [0.29, 0.717) is 6.42 Å². The summed E-state index contributed by atoms with van der Waals surface area (Å²) in [5, 5.41) is 2.29. The van der Waals surface area contributed by atoms with Crippen molar-refractivity contribution in [3.05, 3.63) is 48.0 Å². The molecule has 0 aliphatic rings. The molecule has 0 atom stereocenters. The Bertz CT molecular complexity index is 427. The first-order valence-electron chi connectivity index (χ1n) is 4.23. The van der Waals surface area contributed by atoms with Crippen LogP contribution in [0.4, 0.5) is 0 Å². The fraction of sp³-hybridized carbons (Fsp3) is 0.0833. The minimum atomic E-state index is 0.481. The quantitative estimate of drug-likeness (QED) is 0.631. The fourth-order valence-corrected chi connectivity index (χ4v) is 1.49. The molecule has 0 saturated heterocycles. The van der Waals surface area contributed by atoms with Crippen LogP contribution in [0.1, 0.15) is 5.56 Å². The lowest BCUT2D eigenvalue weighted by Crippen LogP contribution is -1.87. The van der Waals surface area contributed by atoms with Crippen molar-refractivity contribution in [2.24, 2.45) is 0 Å². The molecule has 0 unspecified atom stereocenters. The molecule has 0 aliphatic heterocycles. The molecule has 1 heteroatoms. The van der Waals surface area contributed by atoms with E-state index in [1.165, 1.54) is 0 Å². The van der Waals surface area contributed by atoms with Gasteiger partial charge in [-0.15, -0.1) is 0 Å². The van der Waals surface area contributed by atoms with E-state index in [4.69, 9.17) is 0 Å². The largest absolute Gasteiger partial charge is 0.303 e. The summed E-state index contributed by atoms with van der Waals surface area (Å²) in [6, 6.07) is 14.8. The van der Waals surface area contributed by atoms with Crippen LogP contribution in [0.2, 0.25) is 0 Å². The van der Waals surface area contributed by atoms with Crippen molar-refractivity contribution in [1.29, 1.82) is 0 Å². The molecule has 0 spiro atoms. The maximum absolute atomic E-state index is 10.4. The minimum absolute atomic E-state index is 0.481. The molecule has 0 N–H and O–H groups in total. The van der Waals surface area contributed by atoms with E-state index in [2.05, 4.69) is 6.07 Å². The number of carbonyl (C=O) groups is 1. The number of carbonyl (C=O) groups excluding carboxylic acids is 1. The van der Waals surface area contributed by atoms with Crippen molar-refractivity contribution < 1.29 is 4.79 Å². The predicted molar refractivity (Wildman–Crippen MR) is 52.6 cm³/mol. The molecule has 0 aromatic heterocycles. The van der Waals surface area contributed by atoms with Gasteiger partial charge in [-0.3, -0.25) is 0 Å². The van der Waals surface area contributed by atoms with Gasteiger partial charge in [-0.05, 0) is 28.5 Å². The molecule has 2 aromatic rings. The monoisotopic (exact) mass is 169 g/mol. The van der Waals surface area contributed by atoms with Gasteiger partial charge in [-0.1, -0.05) is 30.3 Å². The molecule has 0 heterocycles. The topological polar surface area (TPSA) is 17.1 Å². The molecule has 63 valence electrons. The van der Waals surface area contributed by atoms with E-state index in [-0.39, 0.29) is 0 Å². The highest BCUT2D eigenvalue weighted by Gasteiger charge is 1.97. The van der Waals surface area contributed by atoms with E-state index < -0.39 is 0 Å². The minimum Gasteiger partial charge on any atom is -0.303 e. The highest BCUT2D eigenvalue weighted by Crippen LogP contribution is 2.17.